The van der Waals surface area contributed by atoms with Crippen molar-refractivity contribution in [3.05, 3.63) is 33.0 Å². The van der Waals surface area contributed by atoms with Crippen molar-refractivity contribution in [2.24, 2.45) is 5.73 Å². The van der Waals surface area contributed by atoms with E-state index >= 15 is 0 Å². The van der Waals surface area contributed by atoms with Gasteiger partial charge in [-0.05, 0) is 18.4 Å². The molecule has 0 saturated carbocycles. The normalized spacial score (nSPS) is 24.5. The van der Waals surface area contributed by atoms with E-state index in [1.165, 1.54) is 11.8 Å². The molecule has 0 fully saturated rings. The first-order valence-corrected chi connectivity index (χ1v) is 6.51. The lowest BCUT2D eigenvalue weighted by molar-refractivity contribution is -0.116. The minimum atomic E-state index is -0.242. The fourth-order valence-corrected chi connectivity index (χ4v) is 3.89. The number of carbonyl (C=O) groups excluding carboxylic acids is 1. The number of ketones is 1. The van der Waals surface area contributed by atoms with Crippen LogP contribution in [0.4, 0.5) is 0 Å². The Morgan fingerprint density at radius 1 is 1.62 bits per heavy atom. The minimum Gasteiger partial charge on any atom is -0.393 e. The van der Waals surface area contributed by atoms with Gasteiger partial charge in [-0.15, -0.1) is 11.3 Å². The molecule has 5 heteroatoms. The zero-order valence-corrected chi connectivity index (χ0v) is 10.3. The summed E-state index contributed by atoms with van der Waals surface area (Å²) in [5.41, 5.74) is 6.32. The summed E-state index contributed by atoms with van der Waals surface area (Å²) in [5.74, 6) is -0.0934. The molecule has 2 N–H and O–H groups in total. The van der Waals surface area contributed by atoms with Crippen molar-refractivity contribution in [1.82, 2.24) is 0 Å². The molecule has 1 aromatic rings. The summed E-state index contributed by atoms with van der Waals surface area (Å²) in [6.07, 6.45) is 0. The quantitative estimate of drug-likeness (QED) is 0.874. The Balaban J connectivity index is 2.45. The number of carbonyl (C=O) groups is 1. The van der Waals surface area contributed by atoms with Gasteiger partial charge in [-0.1, -0.05) is 17.8 Å². The summed E-state index contributed by atoms with van der Waals surface area (Å²) < 4.78 is 0. The average Bonchev–Trinajstić information content (AvgIpc) is 2.83. The Bertz CT molecular complexity index is 485. The molecule has 0 saturated heterocycles. The molecule has 0 aliphatic carbocycles. The molecule has 0 bridgehead atoms. The fourth-order valence-electron chi connectivity index (χ4n) is 1.77. The van der Waals surface area contributed by atoms with E-state index in [1.807, 2.05) is 17.5 Å². The summed E-state index contributed by atoms with van der Waals surface area (Å²) in [4.78, 5) is 12.6. The Hall–Kier alpha value is -1.25. The van der Waals surface area contributed by atoms with E-state index in [0.717, 1.165) is 4.88 Å². The van der Waals surface area contributed by atoms with Gasteiger partial charge in [0.2, 0.25) is 0 Å². The first-order chi connectivity index (χ1) is 7.65. The van der Waals surface area contributed by atoms with Crippen molar-refractivity contribution in [2.75, 3.05) is 0 Å². The summed E-state index contributed by atoms with van der Waals surface area (Å²) in [5, 5.41) is 11.3. The Morgan fingerprint density at radius 3 is 2.88 bits per heavy atom. The fraction of sp³-hybridized carbons (Fsp3) is 0.273. The number of thioether (sulfide) groups is 1. The second-order valence-corrected chi connectivity index (χ2v) is 5.69. The SMILES string of the molecule is CC(=O)[C@H]1SC(N)=C(C#N)[C@@H]1c1cccs1. The average molecular weight is 250 g/mol. The van der Waals surface area contributed by atoms with Crippen LogP contribution in [0.2, 0.25) is 0 Å². The zero-order chi connectivity index (χ0) is 11.7. The maximum atomic E-state index is 11.6. The number of thiophene rings is 1. The van der Waals surface area contributed by atoms with Crippen LogP contribution in [0.3, 0.4) is 0 Å². The second-order valence-electron chi connectivity index (χ2n) is 3.53. The number of nitrogens with zero attached hydrogens (tertiary/aromatic N) is 1. The first-order valence-electron chi connectivity index (χ1n) is 4.75. The van der Waals surface area contributed by atoms with Crippen molar-refractivity contribution >= 4 is 28.9 Å². The Morgan fingerprint density at radius 2 is 2.38 bits per heavy atom. The van der Waals surface area contributed by atoms with E-state index in [0.29, 0.717) is 10.6 Å². The largest absolute Gasteiger partial charge is 0.393 e. The number of nitrogens with two attached hydrogens (primary N) is 1. The third-order valence-corrected chi connectivity index (χ3v) is 4.79. The highest BCUT2D eigenvalue weighted by Gasteiger charge is 2.39. The monoisotopic (exact) mass is 250 g/mol. The molecule has 16 heavy (non-hydrogen) atoms. The van der Waals surface area contributed by atoms with Crippen LogP contribution in [0.1, 0.15) is 17.7 Å². The number of hydrogen-bond acceptors (Lipinski definition) is 5. The summed E-state index contributed by atoms with van der Waals surface area (Å²) in [6, 6.07) is 5.99. The van der Waals surface area contributed by atoms with E-state index in [1.54, 1.807) is 18.3 Å². The topological polar surface area (TPSA) is 66.9 Å². The van der Waals surface area contributed by atoms with Gasteiger partial charge in [0.05, 0.1) is 27.8 Å². The molecule has 0 aromatic carbocycles. The predicted octanol–water partition coefficient (Wildman–Crippen LogP) is 2.23. The zero-order valence-electron chi connectivity index (χ0n) is 8.64. The molecule has 2 rings (SSSR count). The molecule has 2 heterocycles. The molecule has 1 aromatic heterocycles. The molecule has 3 nitrogen and oxygen atoms in total. The lowest BCUT2D eigenvalue weighted by Crippen LogP contribution is -2.19. The molecule has 2 atom stereocenters. The van der Waals surface area contributed by atoms with E-state index in [4.69, 9.17) is 11.0 Å². The van der Waals surface area contributed by atoms with Crippen LogP contribution in [0.25, 0.3) is 0 Å². The van der Waals surface area contributed by atoms with Crippen molar-refractivity contribution in [3.63, 3.8) is 0 Å². The van der Waals surface area contributed by atoms with Gasteiger partial charge >= 0.3 is 0 Å². The van der Waals surface area contributed by atoms with E-state index in [9.17, 15) is 4.79 Å². The molecule has 82 valence electrons. The van der Waals surface area contributed by atoms with E-state index in [2.05, 4.69) is 6.07 Å². The van der Waals surface area contributed by atoms with Crippen LogP contribution in [0.15, 0.2) is 28.1 Å². The number of hydrogen-bond donors (Lipinski definition) is 1. The number of rotatable bonds is 2. The van der Waals surface area contributed by atoms with Crippen LogP contribution >= 0.6 is 23.1 Å². The number of allylic oxidation sites excluding steroid dienone is 1. The molecule has 0 radical (unpaired) electrons. The van der Waals surface area contributed by atoms with E-state index in [-0.39, 0.29) is 17.0 Å². The summed E-state index contributed by atoms with van der Waals surface area (Å²) >= 11 is 2.86. The third-order valence-electron chi connectivity index (χ3n) is 2.50. The lowest BCUT2D eigenvalue weighted by Gasteiger charge is -2.14. The van der Waals surface area contributed by atoms with Crippen molar-refractivity contribution in [2.45, 2.75) is 18.1 Å². The molecule has 1 aliphatic heterocycles. The highest BCUT2D eigenvalue weighted by atomic mass is 32.2. The van der Waals surface area contributed by atoms with Gasteiger partial charge in [-0.3, -0.25) is 4.79 Å². The van der Waals surface area contributed by atoms with Crippen molar-refractivity contribution in [3.8, 4) is 6.07 Å². The first kappa shape index (κ1) is 11.2. The molecular formula is C11H10N2OS2. The molecule has 1 aliphatic rings. The van der Waals surface area contributed by atoms with Crippen molar-refractivity contribution in [1.29, 1.82) is 5.26 Å². The van der Waals surface area contributed by atoms with Crippen LogP contribution < -0.4 is 5.73 Å². The van der Waals surface area contributed by atoms with Gasteiger partial charge in [0.1, 0.15) is 5.78 Å². The lowest BCUT2D eigenvalue weighted by atomic mass is 9.93. The van der Waals surface area contributed by atoms with Crippen LogP contribution in [-0.2, 0) is 4.79 Å². The molecule has 0 unspecified atom stereocenters. The summed E-state index contributed by atoms with van der Waals surface area (Å²) in [7, 11) is 0. The minimum absolute atomic E-state index is 0.0663. The van der Waals surface area contributed by atoms with Gasteiger partial charge in [-0.25, -0.2) is 0 Å². The highest BCUT2D eigenvalue weighted by molar-refractivity contribution is 8.04. The van der Waals surface area contributed by atoms with Crippen molar-refractivity contribution < 1.29 is 4.79 Å². The number of Topliss-reactive ketones (excluding diaryl/α,β-unsaturated/α-hetero) is 1. The van der Waals surface area contributed by atoms with Gasteiger partial charge in [0.15, 0.2) is 0 Å². The standard InChI is InChI=1S/C11H10N2OS2/c1-6(14)10-9(8-3-2-4-15-8)7(5-12)11(13)16-10/h2-4,9-10H,13H2,1H3/t9-,10-/m1/s1. The number of nitriles is 1. The smallest absolute Gasteiger partial charge is 0.144 e. The third kappa shape index (κ3) is 1.75. The predicted molar refractivity (Wildman–Crippen MR) is 65.9 cm³/mol. The summed E-state index contributed by atoms with van der Waals surface area (Å²) in [6.45, 7) is 1.55. The van der Waals surface area contributed by atoms with Gasteiger partial charge in [-0.2, -0.15) is 5.26 Å². The van der Waals surface area contributed by atoms with Gasteiger partial charge in [0, 0.05) is 4.88 Å². The highest BCUT2D eigenvalue weighted by Crippen LogP contribution is 2.46. The van der Waals surface area contributed by atoms with Gasteiger partial charge < -0.3 is 5.73 Å². The molecule has 0 spiro atoms. The van der Waals surface area contributed by atoms with Crippen LogP contribution in [0, 0.1) is 11.3 Å². The van der Waals surface area contributed by atoms with Gasteiger partial charge in [0.25, 0.3) is 0 Å². The molecule has 0 amide bonds. The maximum absolute atomic E-state index is 11.6. The maximum Gasteiger partial charge on any atom is 0.144 e. The molecular weight excluding hydrogens is 240 g/mol. The Labute approximate surface area is 102 Å². The second kappa shape index (κ2) is 4.32. The van der Waals surface area contributed by atoms with Crippen LogP contribution in [0.5, 0.6) is 0 Å². The Kier molecular flexibility index (Phi) is 3.03. The van der Waals surface area contributed by atoms with E-state index < -0.39 is 0 Å². The van der Waals surface area contributed by atoms with Crippen LogP contribution in [-0.4, -0.2) is 11.0 Å².